The van der Waals surface area contributed by atoms with Gasteiger partial charge in [-0.3, -0.25) is 9.59 Å². The summed E-state index contributed by atoms with van der Waals surface area (Å²) in [6, 6.07) is 17.0. The van der Waals surface area contributed by atoms with Crippen LogP contribution in [0, 0.1) is 0 Å². The summed E-state index contributed by atoms with van der Waals surface area (Å²) in [5.74, 6) is 0.748. The molecule has 0 aliphatic carbocycles. The number of rotatable bonds is 7. The van der Waals surface area contributed by atoms with Gasteiger partial charge in [0.2, 0.25) is 5.91 Å². The van der Waals surface area contributed by atoms with Crippen molar-refractivity contribution in [1.29, 1.82) is 0 Å². The van der Waals surface area contributed by atoms with E-state index in [1.807, 2.05) is 37.3 Å². The topological polar surface area (TPSA) is 46.2 Å². The molecule has 1 N–H and O–H groups in total. The second-order valence-corrected chi connectivity index (χ2v) is 6.79. The first-order valence-electron chi connectivity index (χ1n) is 7.81. The van der Waals surface area contributed by atoms with E-state index < -0.39 is 0 Å². The van der Waals surface area contributed by atoms with Crippen LogP contribution in [0.2, 0.25) is 0 Å². The van der Waals surface area contributed by atoms with Gasteiger partial charge in [0.05, 0.1) is 5.25 Å². The van der Waals surface area contributed by atoms with Crippen molar-refractivity contribution in [3.63, 3.8) is 0 Å². The summed E-state index contributed by atoms with van der Waals surface area (Å²) in [6.07, 6.45) is 4.11. The van der Waals surface area contributed by atoms with Crippen molar-refractivity contribution in [3.05, 3.63) is 71.8 Å². The number of benzene rings is 2. The van der Waals surface area contributed by atoms with E-state index in [1.54, 1.807) is 36.0 Å². The lowest BCUT2D eigenvalue weighted by Gasteiger charge is -2.11. The van der Waals surface area contributed by atoms with Gasteiger partial charge < -0.3 is 5.32 Å². The monoisotopic (exact) mass is 339 g/mol. The van der Waals surface area contributed by atoms with Crippen molar-refractivity contribution in [1.82, 2.24) is 0 Å². The van der Waals surface area contributed by atoms with E-state index in [9.17, 15) is 9.59 Å². The third-order valence-electron chi connectivity index (χ3n) is 3.48. The maximum Gasteiger partial charge on any atom is 0.237 e. The van der Waals surface area contributed by atoms with Gasteiger partial charge in [0.15, 0.2) is 5.78 Å². The standard InChI is InChI=1S/C20H21NO2S/c1-15(22)18-10-12-19(13-11-18)21-20(23)16(2)24-14-6-9-17-7-4-3-5-8-17/h3-13,16H,14H2,1-2H3,(H,21,23)/b9-6+. The molecule has 2 aromatic carbocycles. The Morgan fingerprint density at radius 1 is 1.08 bits per heavy atom. The molecule has 0 bridgehead atoms. The zero-order valence-corrected chi connectivity index (χ0v) is 14.7. The summed E-state index contributed by atoms with van der Waals surface area (Å²) in [5.41, 5.74) is 2.50. The van der Waals surface area contributed by atoms with Gasteiger partial charge in [-0.1, -0.05) is 42.5 Å². The van der Waals surface area contributed by atoms with Gasteiger partial charge in [-0.15, -0.1) is 11.8 Å². The number of amides is 1. The molecule has 0 fully saturated rings. The van der Waals surface area contributed by atoms with Gasteiger partial charge in [-0.2, -0.15) is 0 Å². The summed E-state index contributed by atoms with van der Waals surface area (Å²) in [7, 11) is 0. The molecule has 24 heavy (non-hydrogen) atoms. The predicted molar refractivity (Wildman–Crippen MR) is 102 cm³/mol. The van der Waals surface area contributed by atoms with Crippen LogP contribution >= 0.6 is 11.8 Å². The summed E-state index contributed by atoms with van der Waals surface area (Å²) >= 11 is 1.58. The van der Waals surface area contributed by atoms with Crippen molar-refractivity contribution in [2.24, 2.45) is 0 Å². The van der Waals surface area contributed by atoms with Gasteiger partial charge in [0.25, 0.3) is 0 Å². The van der Waals surface area contributed by atoms with E-state index in [2.05, 4.69) is 17.5 Å². The fourth-order valence-electron chi connectivity index (χ4n) is 2.06. The first-order chi connectivity index (χ1) is 11.6. The maximum absolute atomic E-state index is 12.2. The van der Waals surface area contributed by atoms with E-state index >= 15 is 0 Å². The Morgan fingerprint density at radius 2 is 1.75 bits per heavy atom. The highest BCUT2D eigenvalue weighted by molar-refractivity contribution is 8.00. The number of anilines is 1. The molecule has 3 nitrogen and oxygen atoms in total. The van der Waals surface area contributed by atoms with Gasteiger partial charge >= 0.3 is 0 Å². The Balaban J connectivity index is 1.79. The van der Waals surface area contributed by atoms with E-state index in [0.717, 1.165) is 11.3 Å². The number of thioether (sulfide) groups is 1. The van der Waals surface area contributed by atoms with Gasteiger partial charge in [-0.25, -0.2) is 0 Å². The maximum atomic E-state index is 12.2. The molecule has 2 rings (SSSR count). The van der Waals surface area contributed by atoms with Crippen molar-refractivity contribution in [2.45, 2.75) is 19.1 Å². The van der Waals surface area contributed by atoms with E-state index in [4.69, 9.17) is 0 Å². The molecule has 0 aliphatic rings. The highest BCUT2D eigenvalue weighted by atomic mass is 32.2. The second kappa shape index (κ2) is 9.08. The summed E-state index contributed by atoms with van der Waals surface area (Å²) in [6.45, 7) is 3.41. The fraction of sp³-hybridized carbons (Fsp3) is 0.200. The number of nitrogens with one attached hydrogen (secondary N) is 1. The summed E-state index contributed by atoms with van der Waals surface area (Å²) in [4.78, 5) is 23.4. The normalized spacial score (nSPS) is 12.1. The third kappa shape index (κ3) is 5.70. The van der Waals surface area contributed by atoms with Gasteiger partial charge in [-0.05, 0) is 43.7 Å². The van der Waals surface area contributed by atoms with Gasteiger partial charge in [0.1, 0.15) is 0 Å². The minimum Gasteiger partial charge on any atom is -0.325 e. The first-order valence-corrected chi connectivity index (χ1v) is 8.86. The molecule has 124 valence electrons. The van der Waals surface area contributed by atoms with Crippen LogP contribution in [0.25, 0.3) is 6.08 Å². The van der Waals surface area contributed by atoms with Crippen LogP contribution in [-0.4, -0.2) is 22.7 Å². The number of ketones is 1. The molecule has 0 spiro atoms. The smallest absolute Gasteiger partial charge is 0.237 e. The Labute approximate surface area is 147 Å². The third-order valence-corrected chi connectivity index (χ3v) is 4.58. The summed E-state index contributed by atoms with van der Waals surface area (Å²) in [5, 5.41) is 2.72. The second-order valence-electron chi connectivity index (χ2n) is 5.41. The molecule has 0 aromatic heterocycles. The van der Waals surface area contributed by atoms with Crippen LogP contribution in [0.5, 0.6) is 0 Å². The minimum absolute atomic E-state index is 0.0157. The molecule has 2 aromatic rings. The lowest BCUT2D eigenvalue weighted by Crippen LogP contribution is -2.22. The van der Waals surface area contributed by atoms with Crippen LogP contribution in [0.4, 0.5) is 5.69 Å². The van der Waals surface area contributed by atoms with Crippen molar-refractivity contribution in [3.8, 4) is 0 Å². The molecule has 0 radical (unpaired) electrons. The average molecular weight is 339 g/mol. The largest absolute Gasteiger partial charge is 0.325 e. The number of carbonyl (C=O) groups excluding carboxylic acids is 2. The number of Topliss-reactive ketones (excluding diaryl/α,β-unsaturated/α-hetero) is 1. The Morgan fingerprint density at radius 3 is 2.38 bits per heavy atom. The molecule has 4 heteroatoms. The first kappa shape index (κ1) is 18.0. The molecule has 0 saturated carbocycles. The summed E-state index contributed by atoms with van der Waals surface area (Å²) < 4.78 is 0. The Bertz CT molecular complexity index is 708. The highest BCUT2D eigenvalue weighted by Crippen LogP contribution is 2.16. The van der Waals surface area contributed by atoms with Crippen LogP contribution in [0.3, 0.4) is 0 Å². The predicted octanol–water partition coefficient (Wildman–Crippen LogP) is 4.66. The number of hydrogen-bond donors (Lipinski definition) is 1. The Hall–Kier alpha value is -2.33. The van der Waals surface area contributed by atoms with Crippen molar-refractivity contribution in [2.75, 3.05) is 11.1 Å². The highest BCUT2D eigenvalue weighted by Gasteiger charge is 2.12. The van der Waals surface area contributed by atoms with Crippen molar-refractivity contribution < 1.29 is 9.59 Å². The molecule has 0 saturated heterocycles. The minimum atomic E-state index is -0.155. The zero-order chi connectivity index (χ0) is 17.4. The Kier molecular flexibility index (Phi) is 6.82. The molecule has 1 amide bonds. The molecule has 0 aliphatic heterocycles. The molecular weight excluding hydrogens is 318 g/mol. The number of carbonyl (C=O) groups is 2. The molecular formula is C20H21NO2S. The van der Waals surface area contributed by atoms with Crippen LogP contribution in [-0.2, 0) is 4.79 Å². The van der Waals surface area contributed by atoms with E-state index in [1.165, 1.54) is 6.92 Å². The van der Waals surface area contributed by atoms with Crippen LogP contribution < -0.4 is 5.32 Å². The van der Waals surface area contributed by atoms with Crippen LogP contribution in [0.1, 0.15) is 29.8 Å². The quantitative estimate of drug-likeness (QED) is 0.746. The lowest BCUT2D eigenvalue weighted by atomic mass is 10.1. The van der Waals surface area contributed by atoms with Crippen molar-refractivity contribution >= 4 is 35.2 Å². The number of hydrogen-bond acceptors (Lipinski definition) is 3. The fourth-order valence-corrected chi connectivity index (χ4v) is 2.76. The molecule has 0 heterocycles. The van der Waals surface area contributed by atoms with Gasteiger partial charge in [0, 0.05) is 17.0 Å². The van der Waals surface area contributed by atoms with Crippen LogP contribution in [0.15, 0.2) is 60.7 Å². The molecule has 1 unspecified atom stereocenters. The SMILES string of the molecule is CC(=O)c1ccc(NC(=O)C(C)SC/C=C/c2ccccc2)cc1. The van der Waals surface area contributed by atoms with E-state index in [0.29, 0.717) is 11.3 Å². The zero-order valence-electron chi connectivity index (χ0n) is 13.9. The molecule has 1 atom stereocenters. The van der Waals surface area contributed by atoms with E-state index in [-0.39, 0.29) is 16.9 Å². The average Bonchev–Trinajstić information content (AvgIpc) is 2.60. The lowest BCUT2D eigenvalue weighted by molar-refractivity contribution is -0.115.